The average molecular weight is 270 g/mol. The van der Waals surface area contributed by atoms with Crippen molar-refractivity contribution < 1.29 is 22.4 Å². The van der Waals surface area contributed by atoms with Crippen LogP contribution in [-0.2, 0) is 13.6 Å². The summed E-state index contributed by atoms with van der Waals surface area (Å²) in [5.41, 5.74) is -3.56. The van der Waals surface area contributed by atoms with Crippen LogP contribution in [-0.4, -0.2) is 18.9 Å². The maximum atomic E-state index is 13.7. The predicted octanol–water partition coefficient (Wildman–Crippen LogP) is 4.59. The van der Waals surface area contributed by atoms with Crippen molar-refractivity contribution >= 4 is 7.60 Å². The summed E-state index contributed by atoms with van der Waals surface area (Å²) in [7, 11) is -4.39. The summed E-state index contributed by atoms with van der Waals surface area (Å²) in [4.78, 5) is 0. The minimum atomic E-state index is -4.39. The van der Waals surface area contributed by atoms with E-state index < -0.39 is 13.3 Å². The Bertz CT molecular complexity index is 270. The second kappa shape index (κ2) is 7.96. The van der Waals surface area contributed by atoms with Gasteiger partial charge in [-0.05, 0) is 26.3 Å². The van der Waals surface area contributed by atoms with Gasteiger partial charge in [0.2, 0.25) is 0 Å². The molecule has 0 spiro atoms. The van der Waals surface area contributed by atoms with Gasteiger partial charge >= 0.3 is 13.3 Å². The Morgan fingerprint density at radius 1 is 1.18 bits per heavy atom. The van der Waals surface area contributed by atoms with Gasteiger partial charge in [-0.3, -0.25) is 4.57 Å². The van der Waals surface area contributed by atoms with E-state index >= 15 is 0 Å². The highest BCUT2D eigenvalue weighted by molar-refractivity contribution is 7.55. The van der Waals surface area contributed by atoms with Crippen molar-refractivity contribution in [2.75, 3.05) is 13.2 Å². The molecule has 0 saturated carbocycles. The molecule has 0 saturated heterocycles. The molecule has 0 N–H and O–H groups in total. The first-order valence-electron chi connectivity index (χ1n) is 5.88. The van der Waals surface area contributed by atoms with E-state index in [0.717, 1.165) is 12.8 Å². The van der Waals surface area contributed by atoms with Crippen LogP contribution in [0.2, 0.25) is 0 Å². The molecule has 0 amide bonds. The van der Waals surface area contributed by atoms with Crippen LogP contribution < -0.4 is 0 Å². The maximum absolute atomic E-state index is 13.7. The fourth-order valence-corrected chi connectivity index (χ4v) is 2.57. The first kappa shape index (κ1) is 16.8. The van der Waals surface area contributed by atoms with Gasteiger partial charge in [-0.1, -0.05) is 25.8 Å². The number of alkyl halides is 2. The summed E-state index contributed by atoms with van der Waals surface area (Å²) in [6, 6.07) is 0. The van der Waals surface area contributed by atoms with Crippen LogP contribution in [0.15, 0.2) is 12.2 Å². The quantitative estimate of drug-likeness (QED) is 0.349. The molecule has 17 heavy (non-hydrogen) atoms. The Labute approximate surface area is 102 Å². The highest BCUT2D eigenvalue weighted by Crippen LogP contribution is 2.62. The van der Waals surface area contributed by atoms with Crippen molar-refractivity contribution in [3.63, 3.8) is 0 Å². The predicted molar refractivity (Wildman–Crippen MR) is 64.5 cm³/mol. The molecule has 0 bridgehead atoms. The van der Waals surface area contributed by atoms with Gasteiger partial charge in [0.1, 0.15) is 0 Å². The summed E-state index contributed by atoms with van der Waals surface area (Å²) < 4.78 is 48.4. The van der Waals surface area contributed by atoms with Gasteiger partial charge in [0, 0.05) is 0 Å². The van der Waals surface area contributed by atoms with E-state index in [1.165, 1.54) is 19.9 Å². The molecule has 6 heteroatoms. The minimum absolute atomic E-state index is 0.0737. The molecule has 0 fully saturated rings. The van der Waals surface area contributed by atoms with Crippen LogP contribution in [0.4, 0.5) is 8.78 Å². The lowest BCUT2D eigenvalue weighted by Crippen LogP contribution is -2.17. The normalized spacial score (nSPS) is 13.5. The largest absolute Gasteiger partial charge is 0.403 e. The van der Waals surface area contributed by atoms with Crippen molar-refractivity contribution in [2.24, 2.45) is 0 Å². The molecule has 0 rings (SSSR count). The van der Waals surface area contributed by atoms with Crippen LogP contribution >= 0.6 is 7.60 Å². The summed E-state index contributed by atoms with van der Waals surface area (Å²) in [5, 5.41) is 0. The van der Waals surface area contributed by atoms with Crippen LogP contribution in [0.25, 0.3) is 0 Å². The summed E-state index contributed by atoms with van der Waals surface area (Å²) in [6.45, 7) is 4.83. The Morgan fingerprint density at radius 2 is 1.71 bits per heavy atom. The molecule has 3 nitrogen and oxygen atoms in total. The van der Waals surface area contributed by atoms with E-state index in [1.54, 1.807) is 0 Å². The van der Waals surface area contributed by atoms with Gasteiger partial charge in [-0.25, -0.2) is 0 Å². The van der Waals surface area contributed by atoms with Crippen molar-refractivity contribution in [1.29, 1.82) is 0 Å². The van der Waals surface area contributed by atoms with E-state index in [1.807, 2.05) is 6.92 Å². The summed E-state index contributed by atoms with van der Waals surface area (Å²) in [6.07, 6.45) is 4.23. The summed E-state index contributed by atoms with van der Waals surface area (Å²) in [5.74, 6) is 0. The Balaban J connectivity index is 4.70. The molecular formula is C11H21F2O3P. The SMILES string of the molecule is CCCC/C=C/C(F)(F)P(=O)(OCC)OCC. The number of halogens is 2. The van der Waals surface area contributed by atoms with Gasteiger partial charge in [-0.15, -0.1) is 0 Å². The van der Waals surface area contributed by atoms with Gasteiger partial charge in [0.15, 0.2) is 0 Å². The lowest BCUT2D eigenvalue weighted by Gasteiger charge is -2.23. The lowest BCUT2D eigenvalue weighted by atomic mass is 10.2. The molecule has 0 aromatic rings. The first-order chi connectivity index (χ1) is 7.93. The second-order valence-electron chi connectivity index (χ2n) is 3.47. The maximum Gasteiger partial charge on any atom is 0.403 e. The van der Waals surface area contributed by atoms with E-state index in [4.69, 9.17) is 0 Å². The van der Waals surface area contributed by atoms with Gasteiger partial charge in [-0.2, -0.15) is 8.78 Å². The summed E-state index contributed by atoms with van der Waals surface area (Å²) >= 11 is 0. The lowest BCUT2D eigenvalue weighted by molar-refractivity contribution is 0.0791. The third-order valence-electron chi connectivity index (χ3n) is 2.01. The van der Waals surface area contributed by atoms with Crippen molar-refractivity contribution in [1.82, 2.24) is 0 Å². The van der Waals surface area contributed by atoms with E-state index in [2.05, 4.69) is 9.05 Å². The van der Waals surface area contributed by atoms with E-state index in [-0.39, 0.29) is 13.2 Å². The number of allylic oxidation sites excluding steroid dienone is 2. The fourth-order valence-electron chi connectivity index (χ4n) is 1.19. The fraction of sp³-hybridized carbons (Fsp3) is 0.818. The molecule has 0 aliphatic carbocycles. The van der Waals surface area contributed by atoms with E-state index in [0.29, 0.717) is 12.5 Å². The van der Waals surface area contributed by atoms with Gasteiger partial charge in [0.25, 0.3) is 0 Å². The van der Waals surface area contributed by atoms with Crippen LogP contribution in [0.3, 0.4) is 0 Å². The molecule has 0 aliphatic rings. The number of unbranched alkanes of at least 4 members (excludes halogenated alkanes) is 2. The average Bonchev–Trinajstić information content (AvgIpc) is 2.25. The standard InChI is InChI=1S/C11H21F2O3P/c1-4-7-8-9-10-11(12,13)17(14,15-5-2)16-6-3/h9-10H,4-8H2,1-3H3/b10-9+. The Hall–Kier alpha value is -0.250. The molecule has 0 atom stereocenters. The number of hydrogen-bond donors (Lipinski definition) is 0. The second-order valence-corrected chi connectivity index (χ2v) is 5.57. The Morgan fingerprint density at radius 3 is 2.12 bits per heavy atom. The highest BCUT2D eigenvalue weighted by atomic mass is 31.2. The van der Waals surface area contributed by atoms with Crippen LogP contribution in [0, 0.1) is 0 Å². The number of rotatable bonds is 9. The van der Waals surface area contributed by atoms with Gasteiger partial charge in [0.05, 0.1) is 13.2 Å². The third-order valence-corrected chi connectivity index (χ3v) is 4.08. The molecule has 0 aromatic heterocycles. The van der Waals surface area contributed by atoms with Crippen LogP contribution in [0.5, 0.6) is 0 Å². The molecule has 0 heterocycles. The monoisotopic (exact) mass is 270 g/mol. The van der Waals surface area contributed by atoms with Crippen molar-refractivity contribution in [3.05, 3.63) is 12.2 Å². The third kappa shape index (κ3) is 5.28. The molecule has 0 unspecified atom stereocenters. The highest BCUT2D eigenvalue weighted by Gasteiger charge is 2.51. The van der Waals surface area contributed by atoms with E-state index in [9.17, 15) is 13.3 Å². The Kier molecular flexibility index (Phi) is 7.84. The number of hydrogen-bond acceptors (Lipinski definition) is 3. The van der Waals surface area contributed by atoms with Gasteiger partial charge < -0.3 is 9.05 Å². The zero-order valence-corrected chi connectivity index (χ0v) is 11.5. The molecule has 0 aromatic carbocycles. The first-order valence-corrected chi connectivity index (χ1v) is 7.42. The molecule has 0 aliphatic heterocycles. The molecular weight excluding hydrogens is 249 g/mol. The van der Waals surface area contributed by atoms with Crippen molar-refractivity contribution in [3.8, 4) is 0 Å². The topological polar surface area (TPSA) is 35.5 Å². The van der Waals surface area contributed by atoms with Crippen molar-refractivity contribution in [2.45, 2.75) is 45.7 Å². The minimum Gasteiger partial charge on any atom is -0.304 e. The zero-order valence-electron chi connectivity index (χ0n) is 10.6. The smallest absolute Gasteiger partial charge is 0.304 e. The molecule has 0 radical (unpaired) electrons. The zero-order chi connectivity index (χ0) is 13.4. The molecule has 102 valence electrons. The van der Waals surface area contributed by atoms with Crippen LogP contribution in [0.1, 0.15) is 40.0 Å².